The van der Waals surface area contributed by atoms with E-state index >= 15 is 0 Å². The minimum Gasteiger partial charge on any atom is -0.326 e. The zero-order valence-corrected chi connectivity index (χ0v) is 10.4. The van der Waals surface area contributed by atoms with Crippen molar-refractivity contribution < 1.29 is 14.1 Å². The first-order valence-corrected chi connectivity index (χ1v) is 6.33. The minimum absolute atomic E-state index is 0.0352. The van der Waals surface area contributed by atoms with Crippen molar-refractivity contribution in [2.75, 3.05) is 5.32 Å². The number of nitro benzene ring substituents is 1. The van der Waals surface area contributed by atoms with Crippen LogP contribution < -0.4 is 5.32 Å². The molecular weight excluding hydrogens is 251 g/mol. The number of nitro groups is 1. The summed E-state index contributed by atoms with van der Waals surface area (Å²) in [5.41, 5.74) is -0.325. The van der Waals surface area contributed by atoms with Gasteiger partial charge in [0.15, 0.2) is 0 Å². The van der Waals surface area contributed by atoms with Crippen LogP contribution in [0.5, 0.6) is 0 Å². The van der Waals surface area contributed by atoms with Gasteiger partial charge in [-0.05, 0) is 18.9 Å². The summed E-state index contributed by atoms with van der Waals surface area (Å²) in [7, 11) is 0. The third kappa shape index (κ3) is 3.27. The van der Waals surface area contributed by atoms with E-state index in [9.17, 15) is 19.3 Å². The Balaban J connectivity index is 2.04. The average molecular weight is 266 g/mol. The summed E-state index contributed by atoms with van der Waals surface area (Å²) in [5, 5.41) is 13.1. The molecule has 1 saturated carbocycles. The standard InChI is InChI=1S/C13H15FN2O3/c14-11-8-10(6-7-12(11)16(18)19)15-13(17)9-4-2-1-3-5-9/h6-9H,1-5H2,(H,15,17). The zero-order valence-electron chi connectivity index (χ0n) is 10.4. The lowest BCUT2D eigenvalue weighted by molar-refractivity contribution is -0.387. The van der Waals surface area contributed by atoms with Crippen LogP contribution >= 0.6 is 0 Å². The van der Waals surface area contributed by atoms with Crippen molar-refractivity contribution in [1.29, 1.82) is 0 Å². The first-order chi connectivity index (χ1) is 9.08. The van der Waals surface area contributed by atoms with Crippen LogP contribution in [0, 0.1) is 21.8 Å². The summed E-state index contributed by atoms with van der Waals surface area (Å²) in [6.07, 6.45) is 4.91. The number of hydrogen-bond donors (Lipinski definition) is 1. The van der Waals surface area contributed by atoms with E-state index in [0.29, 0.717) is 0 Å². The van der Waals surface area contributed by atoms with Crippen molar-refractivity contribution in [1.82, 2.24) is 0 Å². The van der Waals surface area contributed by atoms with E-state index in [-0.39, 0.29) is 17.5 Å². The summed E-state index contributed by atoms with van der Waals surface area (Å²) in [6.45, 7) is 0. The van der Waals surface area contributed by atoms with Gasteiger partial charge in [-0.2, -0.15) is 4.39 Å². The molecule has 0 radical (unpaired) electrons. The van der Waals surface area contributed by atoms with E-state index in [1.54, 1.807) is 0 Å². The molecule has 19 heavy (non-hydrogen) atoms. The van der Waals surface area contributed by atoms with Crippen molar-refractivity contribution >= 4 is 17.3 Å². The monoisotopic (exact) mass is 266 g/mol. The highest BCUT2D eigenvalue weighted by atomic mass is 19.1. The molecule has 1 aliphatic carbocycles. The van der Waals surface area contributed by atoms with Crippen molar-refractivity contribution in [3.05, 3.63) is 34.1 Å². The third-order valence-corrected chi connectivity index (χ3v) is 3.39. The first-order valence-electron chi connectivity index (χ1n) is 6.33. The van der Waals surface area contributed by atoms with E-state index in [2.05, 4.69) is 5.32 Å². The lowest BCUT2D eigenvalue weighted by Gasteiger charge is -2.20. The molecule has 0 atom stereocenters. The van der Waals surface area contributed by atoms with E-state index in [4.69, 9.17) is 0 Å². The molecule has 0 saturated heterocycles. The smallest absolute Gasteiger partial charge is 0.304 e. The molecule has 2 rings (SSSR count). The van der Waals surface area contributed by atoms with Crippen molar-refractivity contribution in [3.63, 3.8) is 0 Å². The molecule has 1 N–H and O–H groups in total. The van der Waals surface area contributed by atoms with Crippen molar-refractivity contribution in [2.24, 2.45) is 5.92 Å². The van der Waals surface area contributed by atoms with Crippen LogP contribution in [0.15, 0.2) is 18.2 Å². The largest absolute Gasteiger partial charge is 0.326 e. The van der Waals surface area contributed by atoms with Gasteiger partial charge in [0.1, 0.15) is 0 Å². The fourth-order valence-electron chi connectivity index (χ4n) is 2.34. The Bertz CT molecular complexity index is 499. The number of nitrogens with one attached hydrogen (secondary N) is 1. The predicted octanol–water partition coefficient (Wildman–Crippen LogP) is 3.25. The number of hydrogen-bond acceptors (Lipinski definition) is 3. The molecule has 1 fully saturated rings. The van der Waals surface area contributed by atoms with E-state index in [1.807, 2.05) is 0 Å². The molecule has 0 bridgehead atoms. The number of anilines is 1. The van der Waals surface area contributed by atoms with Gasteiger partial charge in [0.05, 0.1) is 4.92 Å². The number of carbonyl (C=O) groups excluding carboxylic acids is 1. The number of benzene rings is 1. The predicted molar refractivity (Wildman–Crippen MR) is 68.3 cm³/mol. The maximum atomic E-state index is 13.4. The highest BCUT2D eigenvalue weighted by Gasteiger charge is 2.22. The molecule has 1 aromatic rings. The molecule has 1 aliphatic rings. The zero-order chi connectivity index (χ0) is 13.8. The maximum Gasteiger partial charge on any atom is 0.304 e. The van der Waals surface area contributed by atoms with Gasteiger partial charge < -0.3 is 5.32 Å². The summed E-state index contributed by atoms with van der Waals surface area (Å²) in [5.74, 6) is -1.11. The lowest BCUT2D eigenvalue weighted by Crippen LogP contribution is -2.24. The van der Waals surface area contributed by atoms with Gasteiger partial charge in [-0.15, -0.1) is 0 Å². The highest BCUT2D eigenvalue weighted by Crippen LogP contribution is 2.26. The number of halogens is 1. The van der Waals surface area contributed by atoms with Gasteiger partial charge in [-0.1, -0.05) is 19.3 Å². The van der Waals surface area contributed by atoms with Crippen molar-refractivity contribution in [3.8, 4) is 0 Å². The number of nitrogens with zero attached hydrogens (tertiary/aromatic N) is 1. The van der Waals surface area contributed by atoms with E-state index in [0.717, 1.165) is 44.2 Å². The molecule has 5 nitrogen and oxygen atoms in total. The van der Waals surface area contributed by atoms with Crippen LogP contribution in [-0.2, 0) is 4.79 Å². The van der Waals surface area contributed by atoms with Crippen LogP contribution in [0.3, 0.4) is 0 Å². The molecule has 0 spiro atoms. The minimum atomic E-state index is -0.938. The van der Waals surface area contributed by atoms with E-state index < -0.39 is 16.4 Å². The quantitative estimate of drug-likeness (QED) is 0.674. The Morgan fingerprint density at radius 1 is 1.32 bits per heavy atom. The normalized spacial score (nSPS) is 16.1. The second kappa shape index (κ2) is 5.77. The molecule has 1 aromatic carbocycles. The Hall–Kier alpha value is -1.98. The molecule has 1 amide bonds. The topological polar surface area (TPSA) is 72.2 Å². The number of carbonyl (C=O) groups is 1. The second-order valence-electron chi connectivity index (χ2n) is 4.75. The third-order valence-electron chi connectivity index (χ3n) is 3.39. The Kier molecular flexibility index (Phi) is 4.09. The summed E-state index contributed by atoms with van der Waals surface area (Å²) < 4.78 is 13.4. The Morgan fingerprint density at radius 2 is 2.00 bits per heavy atom. The molecule has 0 heterocycles. The van der Waals surface area contributed by atoms with Crippen LogP contribution in [0.25, 0.3) is 0 Å². The Morgan fingerprint density at radius 3 is 2.58 bits per heavy atom. The fourth-order valence-corrected chi connectivity index (χ4v) is 2.34. The van der Waals surface area contributed by atoms with Crippen LogP contribution in [0.1, 0.15) is 32.1 Å². The van der Waals surface area contributed by atoms with Gasteiger partial charge in [0.2, 0.25) is 11.7 Å². The average Bonchev–Trinajstić information content (AvgIpc) is 2.39. The lowest BCUT2D eigenvalue weighted by atomic mass is 9.88. The second-order valence-corrected chi connectivity index (χ2v) is 4.75. The maximum absolute atomic E-state index is 13.4. The highest BCUT2D eigenvalue weighted by molar-refractivity contribution is 5.92. The molecule has 0 unspecified atom stereocenters. The first kappa shape index (κ1) is 13.5. The van der Waals surface area contributed by atoms with Gasteiger partial charge in [0, 0.05) is 23.7 Å². The SMILES string of the molecule is O=C(Nc1ccc([N+](=O)[O-])c(F)c1)C1CCCCC1. The summed E-state index contributed by atoms with van der Waals surface area (Å²) in [6, 6.07) is 3.40. The Labute approximate surface area is 110 Å². The summed E-state index contributed by atoms with van der Waals surface area (Å²) in [4.78, 5) is 21.6. The van der Waals surface area contributed by atoms with Crippen molar-refractivity contribution in [2.45, 2.75) is 32.1 Å². The molecule has 6 heteroatoms. The van der Waals surface area contributed by atoms with Gasteiger partial charge >= 0.3 is 5.69 Å². The van der Waals surface area contributed by atoms with E-state index in [1.165, 1.54) is 6.07 Å². The van der Waals surface area contributed by atoms with Gasteiger partial charge in [0.25, 0.3) is 0 Å². The van der Waals surface area contributed by atoms with Crippen LogP contribution in [-0.4, -0.2) is 10.8 Å². The van der Waals surface area contributed by atoms with Gasteiger partial charge in [-0.3, -0.25) is 14.9 Å². The van der Waals surface area contributed by atoms with Crippen LogP contribution in [0.2, 0.25) is 0 Å². The molecular formula is C13H15FN2O3. The molecule has 0 aromatic heterocycles. The molecule has 0 aliphatic heterocycles. The number of rotatable bonds is 3. The molecule has 102 valence electrons. The van der Waals surface area contributed by atoms with Gasteiger partial charge in [-0.25, -0.2) is 0 Å². The summed E-state index contributed by atoms with van der Waals surface area (Å²) >= 11 is 0. The van der Waals surface area contributed by atoms with Crippen LogP contribution in [0.4, 0.5) is 15.8 Å². The fraction of sp³-hybridized carbons (Fsp3) is 0.462. The number of amides is 1.